The summed E-state index contributed by atoms with van der Waals surface area (Å²) >= 11 is 0. The van der Waals surface area contributed by atoms with Gasteiger partial charge in [-0.3, -0.25) is 9.59 Å². The van der Waals surface area contributed by atoms with E-state index in [9.17, 15) is 9.59 Å². The minimum Gasteiger partial charge on any atom is -0.497 e. The molecule has 1 heterocycles. The third-order valence-electron chi connectivity index (χ3n) is 4.62. The maximum absolute atomic E-state index is 12.9. The summed E-state index contributed by atoms with van der Waals surface area (Å²) in [5.41, 5.74) is 1.80. The predicted molar refractivity (Wildman–Crippen MR) is 109 cm³/mol. The first-order valence-electron chi connectivity index (χ1n) is 8.90. The van der Waals surface area contributed by atoms with E-state index in [2.05, 4.69) is 5.10 Å². The number of benzene rings is 3. The number of fused-ring (bicyclic) bond motifs is 1. The van der Waals surface area contributed by atoms with Gasteiger partial charge >= 0.3 is 0 Å². The molecule has 0 saturated heterocycles. The van der Waals surface area contributed by atoms with E-state index in [0.29, 0.717) is 22.4 Å². The normalized spacial score (nSPS) is 10.8. The van der Waals surface area contributed by atoms with Gasteiger partial charge in [-0.05, 0) is 30.3 Å². The molecule has 0 N–H and O–H groups in total. The SMILES string of the molecule is COc1ccc(C(=O)Cn2nc(-c3ccccc3)c3ccccc3c2=O)cc1. The van der Waals surface area contributed by atoms with Crippen molar-refractivity contribution in [3.8, 4) is 17.0 Å². The molecule has 1 aromatic heterocycles. The van der Waals surface area contributed by atoms with Gasteiger partial charge in [0.15, 0.2) is 5.78 Å². The lowest BCUT2D eigenvalue weighted by Crippen LogP contribution is -2.27. The molecule has 5 nitrogen and oxygen atoms in total. The van der Waals surface area contributed by atoms with Crippen molar-refractivity contribution in [3.05, 3.63) is 94.8 Å². The molecule has 5 heteroatoms. The lowest BCUT2D eigenvalue weighted by atomic mass is 10.1. The highest BCUT2D eigenvalue weighted by Crippen LogP contribution is 2.24. The highest BCUT2D eigenvalue weighted by molar-refractivity contribution is 5.97. The number of aromatic nitrogens is 2. The summed E-state index contributed by atoms with van der Waals surface area (Å²) in [5, 5.41) is 5.84. The number of nitrogens with zero attached hydrogens (tertiary/aromatic N) is 2. The number of Topliss-reactive ketones (excluding diaryl/α,β-unsaturated/α-hetero) is 1. The Balaban J connectivity index is 1.79. The first-order valence-corrected chi connectivity index (χ1v) is 8.90. The van der Waals surface area contributed by atoms with Gasteiger partial charge in [0.2, 0.25) is 0 Å². The van der Waals surface area contributed by atoms with Crippen molar-refractivity contribution in [2.75, 3.05) is 7.11 Å². The second-order valence-electron chi connectivity index (χ2n) is 6.37. The van der Waals surface area contributed by atoms with Crippen LogP contribution in [0.25, 0.3) is 22.0 Å². The molecule has 0 aliphatic rings. The molecule has 0 spiro atoms. The zero-order valence-corrected chi connectivity index (χ0v) is 15.3. The fraction of sp³-hybridized carbons (Fsp3) is 0.0870. The molecule has 0 atom stereocenters. The molecule has 0 fully saturated rings. The first-order chi connectivity index (χ1) is 13.7. The summed E-state index contributed by atoms with van der Waals surface area (Å²) in [4.78, 5) is 25.6. The second-order valence-corrected chi connectivity index (χ2v) is 6.37. The second kappa shape index (κ2) is 7.48. The third-order valence-corrected chi connectivity index (χ3v) is 4.62. The largest absolute Gasteiger partial charge is 0.497 e. The topological polar surface area (TPSA) is 61.2 Å². The van der Waals surface area contributed by atoms with Crippen LogP contribution in [-0.4, -0.2) is 22.7 Å². The van der Waals surface area contributed by atoms with Gasteiger partial charge in [-0.25, -0.2) is 4.68 Å². The number of hydrogen-bond acceptors (Lipinski definition) is 4. The maximum atomic E-state index is 12.9. The van der Waals surface area contributed by atoms with E-state index in [0.717, 1.165) is 10.9 Å². The van der Waals surface area contributed by atoms with E-state index in [4.69, 9.17) is 4.74 Å². The summed E-state index contributed by atoms with van der Waals surface area (Å²) in [7, 11) is 1.57. The van der Waals surface area contributed by atoms with Gasteiger partial charge in [0.05, 0.1) is 18.2 Å². The molecule has 28 heavy (non-hydrogen) atoms. The first kappa shape index (κ1) is 17.7. The van der Waals surface area contributed by atoms with Crippen LogP contribution in [0.4, 0.5) is 0 Å². The molecule has 4 aromatic rings. The van der Waals surface area contributed by atoms with Gasteiger partial charge < -0.3 is 4.74 Å². The van der Waals surface area contributed by atoms with Gasteiger partial charge in [0, 0.05) is 16.5 Å². The van der Waals surface area contributed by atoms with E-state index in [-0.39, 0.29) is 17.9 Å². The van der Waals surface area contributed by atoms with Gasteiger partial charge in [-0.15, -0.1) is 0 Å². The van der Waals surface area contributed by atoms with E-state index < -0.39 is 0 Å². The zero-order valence-electron chi connectivity index (χ0n) is 15.3. The van der Waals surface area contributed by atoms with Crippen LogP contribution in [0.3, 0.4) is 0 Å². The molecule has 3 aromatic carbocycles. The summed E-state index contributed by atoms with van der Waals surface area (Å²) in [6, 6.07) is 23.8. The fourth-order valence-electron chi connectivity index (χ4n) is 3.16. The van der Waals surface area contributed by atoms with Crippen LogP contribution in [0.15, 0.2) is 83.7 Å². The molecule has 0 aliphatic heterocycles. The predicted octanol–water partition coefficient (Wildman–Crippen LogP) is 3.96. The van der Waals surface area contributed by atoms with Crippen molar-refractivity contribution in [2.24, 2.45) is 0 Å². The van der Waals surface area contributed by atoms with Crippen molar-refractivity contribution in [1.82, 2.24) is 9.78 Å². The standard InChI is InChI=1S/C23H18N2O3/c1-28-18-13-11-16(12-14-18)21(26)15-25-23(27)20-10-6-5-9-19(20)22(24-25)17-7-3-2-4-8-17/h2-14H,15H2,1H3. The van der Waals surface area contributed by atoms with Gasteiger partial charge in [0.25, 0.3) is 5.56 Å². The van der Waals surface area contributed by atoms with Crippen molar-refractivity contribution in [3.63, 3.8) is 0 Å². The van der Waals surface area contributed by atoms with Crippen LogP contribution in [0.2, 0.25) is 0 Å². The molecule has 0 amide bonds. The van der Waals surface area contributed by atoms with Gasteiger partial charge in [0.1, 0.15) is 12.3 Å². The Bertz CT molecular complexity index is 1200. The monoisotopic (exact) mass is 370 g/mol. The minimum absolute atomic E-state index is 0.129. The highest BCUT2D eigenvalue weighted by Gasteiger charge is 2.15. The molecule has 4 rings (SSSR count). The van der Waals surface area contributed by atoms with Crippen LogP contribution in [0, 0.1) is 0 Å². The average Bonchev–Trinajstić information content (AvgIpc) is 2.76. The van der Waals surface area contributed by atoms with Crippen LogP contribution >= 0.6 is 0 Å². The summed E-state index contributed by atoms with van der Waals surface area (Å²) < 4.78 is 6.37. The number of hydrogen-bond donors (Lipinski definition) is 0. The molecule has 0 unspecified atom stereocenters. The summed E-state index contributed by atoms with van der Waals surface area (Å²) in [6.07, 6.45) is 0. The summed E-state index contributed by atoms with van der Waals surface area (Å²) in [5.74, 6) is 0.482. The lowest BCUT2D eigenvalue weighted by Gasteiger charge is -2.11. The van der Waals surface area contributed by atoms with Gasteiger partial charge in [-0.2, -0.15) is 5.10 Å². The molecule has 0 bridgehead atoms. The Morgan fingerprint density at radius 3 is 2.21 bits per heavy atom. The molecular weight excluding hydrogens is 352 g/mol. The summed E-state index contributed by atoms with van der Waals surface area (Å²) in [6.45, 7) is -0.129. The number of carbonyl (C=O) groups is 1. The highest BCUT2D eigenvalue weighted by atomic mass is 16.5. The van der Waals surface area contributed by atoms with Crippen LogP contribution in [-0.2, 0) is 6.54 Å². The molecular formula is C23H18N2O3. The maximum Gasteiger partial charge on any atom is 0.275 e. The molecule has 138 valence electrons. The van der Waals surface area contributed by atoms with Crippen LogP contribution in [0.5, 0.6) is 5.75 Å². The average molecular weight is 370 g/mol. The third kappa shape index (κ3) is 3.30. The minimum atomic E-state index is -0.280. The smallest absolute Gasteiger partial charge is 0.275 e. The Morgan fingerprint density at radius 1 is 0.893 bits per heavy atom. The van der Waals surface area contributed by atoms with Crippen LogP contribution < -0.4 is 10.3 Å². The lowest BCUT2D eigenvalue weighted by molar-refractivity contribution is 0.0966. The van der Waals surface area contributed by atoms with Gasteiger partial charge in [-0.1, -0.05) is 48.5 Å². The Hall–Kier alpha value is -3.73. The number of carbonyl (C=O) groups excluding carboxylic acids is 1. The van der Waals surface area contributed by atoms with Crippen LogP contribution in [0.1, 0.15) is 10.4 Å². The van der Waals surface area contributed by atoms with Crippen molar-refractivity contribution < 1.29 is 9.53 Å². The van der Waals surface area contributed by atoms with E-state index in [1.807, 2.05) is 48.5 Å². The van der Waals surface area contributed by atoms with E-state index in [1.165, 1.54) is 4.68 Å². The fourth-order valence-corrected chi connectivity index (χ4v) is 3.16. The Kier molecular flexibility index (Phi) is 4.72. The van der Waals surface area contributed by atoms with Crippen molar-refractivity contribution in [2.45, 2.75) is 6.54 Å². The van der Waals surface area contributed by atoms with E-state index >= 15 is 0 Å². The quantitative estimate of drug-likeness (QED) is 0.499. The Morgan fingerprint density at radius 2 is 1.54 bits per heavy atom. The number of methoxy groups -OCH3 is 1. The molecule has 0 radical (unpaired) electrons. The molecule has 0 saturated carbocycles. The number of ketones is 1. The van der Waals surface area contributed by atoms with Crippen molar-refractivity contribution in [1.29, 1.82) is 0 Å². The number of ether oxygens (including phenoxy) is 1. The van der Waals surface area contributed by atoms with Crippen molar-refractivity contribution >= 4 is 16.6 Å². The van der Waals surface area contributed by atoms with E-state index in [1.54, 1.807) is 37.4 Å². The zero-order chi connectivity index (χ0) is 19.5. The Labute approximate surface area is 161 Å². The molecule has 0 aliphatic carbocycles. The number of rotatable bonds is 5.